The van der Waals surface area contributed by atoms with E-state index in [0.717, 1.165) is 82.5 Å². The van der Waals surface area contributed by atoms with Crippen LogP contribution in [0.25, 0.3) is 111 Å². The molecule has 5 heteroatoms. The van der Waals surface area contributed by atoms with Gasteiger partial charge < -0.3 is 8.83 Å². The minimum atomic E-state index is 0.593. The standard InChI is InChI=1S/C49H29N3O2/c1-2-9-30(10-3-1)32-17-18-34-27-37(20-19-33(34)25-32)48-50-47(51-49(52-48)38-22-24-45-42(28-38)40-14-5-7-16-44(40)53-45)36-12-8-11-31(26-36)35-21-23-41-39-13-4-6-15-43(39)54-46(41)29-35/h1-29H. The Morgan fingerprint density at radius 1 is 0.259 bits per heavy atom. The lowest BCUT2D eigenvalue weighted by atomic mass is 9.99. The van der Waals surface area contributed by atoms with Gasteiger partial charge in [-0.25, -0.2) is 15.0 Å². The molecule has 0 aliphatic heterocycles. The Balaban J connectivity index is 1.05. The molecule has 0 amide bonds. The minimum Gasteiger partial charge on any atom is -0.456 e. The van der Waals surface area contributed by atoms with Crippen molar-refractivity contribution in [2.75, 3.05) is 0 Å². The number of rotatable bonds is 5. The van der Waals surface area contributed by atoms with Crippen LogP contribution in [0.15, 0.2) is 185 Å². The van der Waals surface area contributed by atoms with Gasteiger partial charge in [-0.2, -0.15) is 0 Å². The molecule has 0 fully saturated rings. The number of benzene rings is 8. The predicted molar refractivity (Wildman–Crippen MR) is 219 cm³/mol. The van der Waals surface area contributed by atoms with Gasteiger partial charge in [0.1, 0.15) is 22.3 Å². The monoisotopic (exact) mass is 691 g/mol. The van der Waals surface area contributed by atoms with Crippen molar-refractivity contribution in [1.29, 1.82) is 0 Å². The molecule has 11 rings (SSSR count). The fourth-order valence-corrected chi connectivity index (χ4v) is 7.57. The molecule has 54 heavy (non-hydrogen) atoms. The van der Waals surface area contributed by atoms with Crippen LogP contribution in [-0.2, 0) is 0 Å². The van der Waals surface area contributed by atoms with E-state index >= 15 is 0 Å². The average Bonchev–Trinajstić information content (AvgIpc) is 3.81. The second-order valence-corrected chi connectivity index (χ2v) is 13.6. The van der Waals surface area contributed by atoms with E-state index in [2.05, 4.69) is 121 Å². The number of para-hydroxylation sites is 2. The zero-order valence-electron chi connectivity index (χ0n) is 28.9. The normalized spacial score (nSPS) is 11.7. The van der Waals surface area contributed by atoms with Crippen LogP contribution >= 0.6 is 0 Å². The Kier molecular flexibility index (Phi) is 6.79. The lowest BCUT2D eigenvalue weighted by Crippen LogP contribution is -2.00. The van der Waals surface area contributed by atoms with E-state index in [4.69, 9.17) is 23.8 Å². The first-order valence-corrected chi connectivity index (χ1v) is 18.0. The molecular weight excluding hydrogens is 663 g/mol. The molecule has 0 spiro atoms. The maximum Gasteiger partial charge on any atom is 0.164 e. The lowest BCUT2D eigenvalue weighted by molar-refractivity contribution is 0.668. The van der Waals surface area contributed by atoms with Crippen molar-refractivity contribution >= 4 is 54.6 Å². The summed E-state index contributed by atoms with van der Waals surface area (Å²) in [6, 6.07) is 60.6. The van der Waals surface area contributed by atoms with Crippen LogP contribution in [0.1, 0.15) is 0 Å². The van der Waals surface area contributed by atoms with Crippen molar-refractivity contribution in [3.8, 4) is 56.4 Å². The van der Waals surface area contributed by atoms with E-state index in [0.29, 0.717) is 17.5 Å². The minimum absolute atomic E-state index is 0.593. The van der Waals surface area contributed by atoms with Crippen LogP contribution in [0, 0.1) is 0 Å². The summed E-state index contributed by atoms with van der Waals surface area (Å²) in [5.74, 6) is 1.80. The summed E-state index contributed by atoms with van der Waals surface area (Å²) in [6.07, 6.45) is 0. The van der Waals surface area contributed by atoms with Crippen LogP contribution in [0.2, 0.25) is 0 Å². The molecule has 252 valence electrons. The van der Waals surface area contributed by atoms with Crippen molar-refractivity contribution in [3.63, 3.8) is 0 Å². The molecule has 0 atom stereocenters. The molecule has 0 saturated carbocycles. The molecule has 0 N–H and O–H groups in total. The number of aromatic nitrogens is 3. The summed E-state index contributed by atoms with van der Waals surface area (Å²) in [6.45, 7) is 0. The predicted octanol–water partition coefficient (Wildman–Crippen LogP) is 13.2. The van der Waals surface area contributed by atoms with E-state index < -0.39 is 0 Å². The maximum absolute atomic E-state index is 6.23. The quantitative estimate of drug-likeness (QED) is 0.180. The van der Waals surface area contributed by atoms with Gasteiger partial charge in [-0.05, 0) is 93.7 Å². The van der Waals surface area contributed by atoms with Crippen molar-refractivity contribution in [3.05, 3.63) is 176 Å². The van der Waals surface area contributed by atoms with Gasteiger partial charge in [0.2, 0.25) is 0 Å². The maximum atomic E-state index is 6.23. The molecule has 0 unspecified atom stereocenters. The fourth-order valence-electron chi connectivity index (χ4n) is 7.57. The van der Waals surface area contributed by atoms with Gasteiger partial charge >= 0.3 is 0 Å². The van der Waals surface area contributed by atoms with E-state index in [-0.39, 0.29) is 0 Å². The Morgan fingerprint density at radius 3 is 1.48 bits per heavy atom. The number of nitrogens with zero attached hydrogens (tertiary/aromatic N) is 3. The third kappa shape index (κ3) is 5.13. The number of fused-ring (bicyclic) bond motifs is 7. The molecular formula is C49H29N3O2. The van der Waals surface area contributed by atoms with Gasteiger partial charge in [0.15, 0.2) is 17.5 Å². The van der Waals surface area contributed by atoms with Crippen LogP contribution < -0.4 is 0 Å². The van der Waals surface area contributed by atoms with Crippen LogP contribution in [0.4, 0.5) is 0 Å². The Bertz CT molecular complexity index is 3230. The highest BCUT2D eigenvalue weighted by atomic mass is 16.3. The highest BCUT2D eigenvalue weighted by molar-refractivity contribution is 6.07. The molecule has 8 aromatic carbocycles. The Labute approximate surface area is 309 Å². The summed E-state index contributed by atoms with van der Waals surface area (Å²) < 4.78 is 12.4. The van der Waals surface area contributed by atoms with Gasteiger partial charge in [0.05, 0.1) is 0 Å². The van der Waals surface area contributed by atoms with Gasteiger partial charge in [-0.15, -0.1) is 0 Å². The molecule has 3 heterocycles. The van der Waals surface area contributed by atoms with Gasteiger partial charge in [0, 0.05) is 38.2 Å². The SMILES string of the molecule is c1ccc(-c2ccc3cc(-c4nc(-c5cccc(-c6ccc7c(c6)oc6ccccc67)c5)nc(-c5ccc6oc7ccccc7c6c5)n4)ccc3c2)cc1. The third-order valence-electron chi connectivity index (χ3n) is 10.3. The lowest BCUT2D eigenvalue weighted by Gasteiger charge is -2.11. The zero-order chi connectivity index (χ0) is 35.6. The molecule has 5 nitrogen and oxygen atoms in total. The first-order chi connectivity index (χ1) is 26.7. The van der Waals surface area contributed by atoms with Crippen molar-refractivity contribution in [1.82, 2.24) is 15.0 Å². The topological polar surface area (TPSA) is 65.0 Å². The summed E-state index contributed by atoms with van der Waals surface area (Å²) in [5.41, 5.74) is 10.6. The second-order valence-electron chi connectivity index (χ2n) is 13.6. The Morgan fingerprint density at radius 2 is 0.722 bits per heavy atom. The number of hydrogen-bond donors (Lipinski definition) is 0. The van der Waals surface area contributed by atoms with Gasteiger partial charge in [-0.3, -0.25) is 0 Å². The second kappa shape index (κ2) is 12.1. The van der Waals surface area contributed by atoms with E-state index in [1.54, 1.807) is 0 Å². The van der Waals surface area contributed by atoms with Crippen molar-refractivity contribution in [2.24, 2.45) is 0 Å². The average molecular weight is 692 g/mol. The zero-order valence-corrected chi connectivity index (χ0v) is 28.9. The summed E-state index contributed by atoms with van der Waals surface area (Å²) in [4.78, 5) is 15.4. The molecule has 3 aromatic heterocycles. The first-order valence-electron chi connectivity index (χ1n) is 18.0. The highest BCUT2D eigenvalue weighted by Crippen LogP contribution is 2.36. The largest absolute Gasteiger partial charge is 0.456 e. The molecule has 11 aromatic rings. The molecule has 0 bridgehead atoms. The van der Waals surface area contributed by atoms with Gasteiger partial charge in [-0.1, -0.05) is 115 Å². The molecule has 0 aliphatic rings. The first kappa shape index (κ1) is 30.3. The van der Waals surface area contributed by atoms with E-state index in [1.807, 2.05) is 54.6 Å². The summed E-state index contributed by atoms with van der Waals surface area (Å²) >= 11 is 0. The number of furan rings is 2. The van der Waals surface area contributed by atoms with Gasteiger partial charge in [0.25, 0.3) is 0 Å². The summed E-state index contributed by atoms with van der Waals surface area (Å²) in [7, 11) is 0. The third-order valence-corrected chi connectivity index (χ3v) is 10.3. The van der Waals surface area contributed by atoms with E-state index in [1.165, 1.54) is 11.1 Å². The Hall–Kier alpha value is -7.37. The van der Waals surface area contributed by atoms with Crippen molar-refractivity contribution in [2.45, 2.75) is 0 Å². The molecule has 0 radical (unpaired) electrons. The van der Waals surface area contributed by atoms with Crippen LogP contribution in [-0.4, -0.2) is 15.0 Å². The fraction of sp³-hybridized carbons (Fsp3) is 0. The molecule has 0 saturated heterocycles. The summed E-state index contributed by atoms with van der Waals surface area (Å²) in [5, 5.41) is 6.57. The highest BCUT2D eigenvalue weighted by Gasteiger charge is 2.16. The molecule has 0 aliphatic carbocycles. The van der Waals surface area contributed by atoms with Crippen LogP contribution in [0.5, 0.6) is 0 Å². The smallest absolute Gasteiger partial charge is 0.164 e. The van der Waals surface area contributed by atoms with E-state index in [9.17, 15) is 0 Å². The van der Waals surface area contributed by atoms with Crippen LogP contribution in [0.3, 0.4) is 0 Å². The van der Waals surface area contributed by atoms with Crippen molar-refractivity contribution < 1.29 is 8.83 Å². The number of hydrogen-bond acceptors (Lipinski definition) is 5.